The maximum Gasteiger partial charge on any atom is 0.151 e. The van der Waals surface area contributed by atoms with E-state index in [4.69, 9.17) is 11.1 Å². The summed E-state index contributed by atoms with van der Waals surface area (Å²) in [4.78, 5) is 12.9. The van der Waals surface area contributed by atoms with Gasteiger partial charge in [0.05, 0.1) is 0 Å². The largest absolute Gasteiger partial charge is 0.398 e. The van der Waals surface area contributed by atoms with Crippen LogP contribution in [0.4, 0.5) is 5.69 Å². The maximum atomic E-state index is 11.2. The molecule has 0 heterocycles. The van der Waals surface area contributed by atoms with Crippen molar-refractivity contribution in [3.05, 3.63) is 89.0 Å². The predicted molar refractivity (Wildman–Crippen MR) is 112 cm³/mol. The van der Waals surface area contributed by atoms with Gasteiger partial charge in [0.2, 0.25) is 0 Å². The van der Waals surface area contributed by atoms with Gasteiger partial charge in [-0.25, -0.2) is 0 Å². The molecule has 3 N–H and O–H groups in total. The van der Waals surface area contributed by atoms with Gasteiger partial charge in [0.15, 0.2) is 6.29 Å². The number of hydrogen-bond acceptors (Lipinski definition) is 4. The average Bonchev–Trinajstić information content (AvgIpc) is 2.68. The molecule has 3 aromatic rings. The van der Waals surface area contributed by atoms with Crippen molar-refractivity contribution in [1.82, 2.24) is 0 Å². The molecule has 4 heteroatoms. The van der Waals surface area contributed by atoms with Gasteiger partial charge in [-0.05, 0) is 49.2 Å². The van der Waals surface area contributed by atoms with Crippen LogP contribution in [0, 0.1) is 24.2 Å². The quantitative estimate of drug-likeness (QED) is 0.295. The minimum Gasteiger partial charge on any atom is -0.398 e. The second-order valence-electron chi connectivity index (χ2n) is 6.00. The Morgan fingerprint density at radius 3 is 2.52 bits per heavy atom. The van der Waals surface area contributed by atoms with E-state index < -0.39 is 0 Å². The highest BCUT2D eigenvalue weighted by atomic mass is 32.2. The number of carbonyl (C=O) groups is 1. The molecule has 0 saturated carbocycles. The first-order chi connectivity index (χ1) is 13.1. The number of anilines is 1. The van der Waals surface area contributed by atoms with Gasteiger partial charge in [0.1, 0.15) is 5.71 Å². The molecule has 132 valence electrons. The molecular weight excluding hydrogens is 352 g/mol. The van der Waals surface area contributed by atoms with E-state index in [9.17, 15) is 4.79 Å². The van der Waals surface area contributed by atoms with Crippen molar-refractivity contribution in [2.45, 2.75) is 16.7 Å². The van der Waals surface area contributed by atoms with E-state index in [-0.39, 0.29) is 5.71 Å². The fourth-order valence-electron chi connectivity index (χ4n) is 2.47. The molecule has 0 aliphatic rings. The van der Waals surface area contributed by atoms with Crippen LogP contribution in [0.3, 0.4) is 0 Å². The number of nitrogen functional groups attached to an aromatic ring is 1. The molecule has 27 heavy (non-hydrogen) atoms. The van der Waals surface area contributed by atoms with Gasteiger partial charge >= 0.3 is 0 Å². The molecule has 0 aromatic heterocycles. The molecule has 3 nitrogen and oxygen atoms in total. The predicted octanol–water partition coefficient (Wildman–Crippen LogP) is 4.96. The molecule has 0 unspecified atom stereocenters. The van der Waals surface area contributed by atoms with Crippen LogP contribution in [-0.2, 0) is 0 Å². The van der Waals surface area contributed by atoms with Crippen LogP contribution in [0.1, 0.15) is 27.0 Å². The van der Waals surface area contributed by atoms with E-state index in [1.807, 2.05) is 61.5 Å². The van der Waals surface area contributed by atoms with Crippen LogP contribution < -0.4 is 5.73 Å². The molecule has 0 saturated heterocycles. The lowest BCUT2D eigenvalue weighted by Crippen LogP contribution is -2.01. The number of nitrogens with two attached hydrogens (primary N) is 1. The third kappa shape index (κ3) is 4.66. The van der Waals surface area contributed by atoms with E-state index >= 15 is 0 Å². The van der Waals surface area contributed by atoms with Crippen molar-refractivity contribution in [3.8, 4) is 11.8 Å². The molecule has 0 aliphatic heterocycles. The lowest BCUT2D eigenvalue weighted by atomic mass is 10.1. The molecule has 0 radical (unpaired) electrons. The number of carbonyl (C=O) groups excluding carboxylic acids is 1. The monoisotopic (exact) mass is 370 g/mol. The topological polar surface area (TPSA) is 66.9 Å². The molecule has 0 fully saturated rings. The van der Waals surface area contributed by atoms with Crippen molar-refractivity contribution in [3.63, 3.8) is 0 Å². The van der Waals surface area contributed by atoms with E-state index in [0.29, 0.717) is 16.8 Å². The second kappa shape index (κ2) is 8.39. The van der Waals surface area contributed by atoms with Gasteiger partial charge in [-0.1, -0.05) is 53.6 Å². The Morgan fingerprint density at radius 2 is 1.81 bits per heavy atom. The van der Waals surface area contributed by atoms with Crippen molar-refractivity contribution in [2.75, 3.05) is 5.73 Å². The van der Waals surface area contributed by atoms with Crippen molar-refractivity contribution >= 4 is 29.4 Å². The summed E-state index contributed by atoms with van der Waals surface area (Å²) in [5.74, 6) is 5.86. The SMILES string of the molecule is Cc1ccc(C#CC(=N)c2ccc(Sc3ccccc3C=O)cc2N)cc1. The Balaban J connectivity index is 1.79. The highest BCUT2D eigenvalue weighted by Crippen LogP contribution is 2.31. The normalized spacial score (nSPS) is 9.96. The molecule has 3 rings (SSSR count). The summed E-state index contributed by atoms with van der Waals surface area (Å²) in [6, 6.07) is 20.7. The highest BCUT2D eigenvalue weighted by Gasteiger charge is 2.08. The van der Waals surface area contributed by atoms with Crippen LogP contribution in [0.15, 0.2) is 76.5 Å². The summed E-state index contributed by atoms with van der Waals surface area (Å²) in [7, 11) is 0. The lowest BCUT2D eigenvalue weighted by Gasteiger charge is -2.08. The van der Waals surface area contributed by atoms with Gasteiger partial charge in [0.25, 0.3) is 0 Å². The van der Waals surface area contributed by atoms with E-state index in [1.54, 1.807) is 12.1 Å². The summed E-state index contributed by atoms with van der Waals surface area (Å²) in [5, 5.41) is 8.21. The van der Waals surface area contributed by atoms with Gasteiger partial charge in [0, 0.05) is 32.2 Å². The van der Waals surface area contributed by atoms with Crippen molar-refractivity contribution < 1.29 is 4.79 Å². The van der Waals surface area contributed by atoms with Crippen molar-refractivity contribution in [1.29, 1.82) is 5.41 Å². The zero-order valence-electron chi connectivity index (χ0n) is 14.8. The summed E-state index contributed by atoms with van der Waals surface area (Å²) in [6.45, 7) is 2.02. The first-order valence-corrected chi connectivity index (χ1v) is 9.17. The Kier molecular flexibility index (Phi) is 5.75. The molecule has 0 spiro atoms. The summed E-state index contributed by atoms with van der Waals surface area (Å²) in [6.07, 6.45) is 0.844. The standard InChI is InChI=1S/C23H18N2OS/c1-16-6-8-17(9-7-16)10-13-21(24)20-12-11-19(14-22(20)25)27-23-5-3-2-4-18(23)15-26/h2-9,11-12,14-15,24H,25H2,1H3. The second-order valence-corrected chi connectivity index (χ2v) is 7.11. The Hall–Kier alpha value is -3.29. The third-order valence-electron chi connectivity index (χ3n) is 3.95. The highest BCUT2D eigenvalue weighted by molar-refractivity contribution is 7.99. The number of hydrogen-bond donors (Lipinski definition) is 2. The number of benzene rings is 3. The fraction of sp³-hybridized carbons (Fsp3) is 0.0435. The summed E-state index contributed by atoms with van der Waals surface area (Å²) >= 11 is 1.47. The average molecular weight is 370 g/mol. The number of aldehydes is 1. The first kappa shape index (κ1) is 18.5. The number of rotatable bonds is 4. The maximum absolute atomic E-state index is 11.2. The minimum atomic E-state index is 0.179. The molecule has 3 aromatic carbocycles. The molecule has 0 atom stereocenters. The van der Waals surface area contributed by atoms with Gasteiger partial charge in [-0.2, -0.15) is 0 Å². The summed E-state index contributed by atoms with van der Waals surface area (Å²) in [5.41, 5.74) is 10.1. The van der Waals surface area contributed by atoms with E-state index in [1.165, 1.54) is 17.3 Å². The van der Waals surface area contributed by atoms with Gasteiger partial charge < -0.3 is 5.73 Å². The fourth-order valence-corrected chi connectivity index (χ4v) is 3.43. The lowest BCUT2D eigenvalue weighted by molar-refractivity contribution is 0.112. The van der Waals surface area contributed by atoms with Gasteiger partial charge in [-0.15, -0.1) is 0 Å². The van der Waals surface area contributed by atoms with Crippen LogP contribution in [0.5, 0.6) is 0 Å². The van der Waals surface area contributed by atoms with Crippen LogP contribution in [-0.4, -0.2) is 12.0 Å². The summed E-state index contributed by atoms with van der Waals surface area (Å²) < 4.78 is 0. The zero-order chi connectivity index (χ0) is 19.2. The Morgan fingerprint density at radius 1 is 1.07 bits per heavy atom. The minimum absolute atomic E-state index is 0.179. The first-order valence-electron chi connectivity index (χ1n) is 8.36. The molecular formula is C23H18N2OS. The number of nitrogens with one attached hydrogen (secondary N) is 1. The Bertz CT molecular complexity index is 1060. The Labute approximate surface area is 163 Å². The number of aryl methyl sites for hydroxylation is 1. The molecule has 0 amide bonds. The van der Waals surface area contributed by atoms with Crippen LogP contribution in [0.2, 0.25) is 0 Å². The van der Waals surface area contributed by atoms with Gasteiger partial charge in [-0.3, -0.25) is 10.2 Å². The smallest absolute Gasteiger partial charge is 0.151 e. The van der Waals surface area contributed by atoms with Crippen molar-refractivity contribution in [2.24, 2.45) is 0 Å². The van der Waals surface area contributed by atoms with Crippen LogP contribution >= 0.6 is 11.8 Å². The van der Waals surface area contributed by atoms with E-state index in [0.717, 1.165) is 21.6 Å². The zero-order valence-corrected chi connectivity index (χ0v) is 15.6. The van der Waals surface area contributed by atoms with Crippen LogP contribution in [0.25, 0.3) is 0 Å². The van der Waals surface area contributed by atoms with E-state index in [2.05, 4.69) is 11.8 Å². The third-order valence-corrected chi connectivity index (χ3v) is 5.03. The molecule has 0 aliphatic carbocycles. The molecule has 0 bridgehead atoms.